The van der Waals surface area contributed by atoms with E-state index in [0.29, 0.717) is 6.42 Å². The Morgan fingerprint density at radius 3 is 2.44 bits per heavy atom. The van der Waals surface area contributed by atoms with Crippen LogP contribution in [0.15, 0.2) is 0 Å². The highest BCUT2D eigenvalue weighted by atomic mass is 35.5. The zero-order valence-electron chi connectivity index (χ0n) is 5.22. The van der Waals surface area contributed by atoms with Crippen LogP contribution in [0, 0.1) is 0 Å². The number of aliphatic carboxylic acids is 1. The van der Waals surface area contributed by atoms with Crippen molar-refractivity contribution in [2.75, 3.05) is 5.88 Å². The van der Waals surface area contributed by atoms with Gasteiger partial charge in [-0.05, 0) is 13.3 Å². The maximum absolute atomic E-state index is 10.2. The highest BCUT2D eigenvalue weighted by molar-refractivity contribution is 6.18. The summed E-state index contributed by atoms with van der Waals surface area (Å²) in [6.45, 7) is 1.44. The van der Waals surface area contributed by atoms with Gasteiger partial charge in [0.15, 0.2) is 0 Å². The van der Waals surface area contributed by atoms with E-state index in [0.717, 1.165) is 0 Å². The molecule has 0 saturated carbocycles. The van der Waals surface area contributed by atoms with E-state index in [1.54, 1.807) is 0 Å². The summed E-state index contributed by atoms with van der Waals surface area (Å²) in [5, 5.41) is 8.39. The minimum Gasteiger partial charge on any atom is -0.480 e. The lowest BCUT2D eigenvalue weighted by atomic mass is 10.0. The van der Waals surface area contributed by atoms with Gasteiger partial charge in [-0.15, -0.1) is 11.6 Å². The van der Waals surface area contributed by atoms with Gasteiger partial charge >= 0.3 is 5.97 Å². The second-order valence-corrected chi connectivity index (χ2v) is 2.54. The Labute approximate surface area is 58.8 Å². The fraction of sp³-hybridized carbons (Fsp3) is 0.800. The van der Waals surface area contributed by atoms with Gasteiger partial charge < -0.3 is 10.8 Å². The van der Waals surface area contributed by atoms with Gasteiger partial charge in [0, 0.05) is 5.88 Å². The number of carboxylic acid groups (broad SMARTS) is 1. The molecule has 0 aliphatic carbocycles. The molecule has 9 heavy (non-hydrogen) atoms. The number of carbonyl (C=O) groups is 1. The van der Waals surface area contributed by atoms with Crippen LogP contribution in [0.1, 0.15) is 13.3 Å². The lowest BCUT2D eigenvalue weighted by Crippen LogP contribution is -2.45. The summed E-state index contributed by atoms with van der Waals surface area (Å²) in [4.78, 5) is 10.2. The van der Waals surface area contributed by atoms with Crippen LogP contribution in [-0.2, 0) is 4.79 Å². The Balaban J connectivity index is 3.85. The van der Waals surface area contributed by atoms with Crippen molar-refractivity contribution >= 4 is 17.6 Å². The van der Waals surface area contributed by atoms with Crippen molar-refractivity contribution in [2.45, 2.75) is 18.9 Å². The third kappa shape index (κ3) is 2.67. The van der Waals surface area contributed by atoms with Gasteiger partial charge in [-0.3, -0.25) is 4.79 Å². The van der Waals surface area contributed by atoms with Crippen molar-refractivity contribution in [3.05, 3.63) is 0 Å². The molecule has 0 radical (unpaired) electrons. The van der Waals surface area contributed by atoms with E-state index in [1.165, 1.54) is 6.92 Å². The second kappa shape index (κ2) is 3.03. The van der Waals surface area contributed by atoms with Crippen LogP contribution in [0.2, 0.25) is 0 Å². The largest absolute Gasteiger partial charge is 0.480 e. The zero-order chi connectivity index (χ0) is 7.49. The molecule has 0 bridgehead atoms. The summed E-state index contributed by atoms with van der Waals surface area (Å²) in [7, 11) is 0. The predicted molar refractivity (Wildman–Crippen MR) is 35.6 cm³/mol. The molecular weight excluding hydrogens is 142 g/mol. The molecule has 1 unspecified atom stereocenters. The number of hydrogen-bond acceptors (Lipinski definition) is 2. The van der Waals surface area contributed by atoms with E-state index in [1.807, 2.05) is 0 Å². The molecule has 0 aromatic rings. The first-order chi connectivity index (χ1) is 4.00. The predicted octanol–water partition coefficient (Wildman–Crippen LogP) is 0.417. The number of carboxylic acids is 1. The van der Waals surface area contributed by atoms with E-state index >= 15 is 0 Å². The Kier molecular flexibility index (Phi) is 2.94. The minimum absolute atomic E-state index is 0.277. The van der Waals surface area contributed by atoms with Gasteiger partial charge in [0.05, 0.1) is 0 Å². The molecule has 0 spiro atoms. The maximum Gasteiger partial charge on any atom is 0.323 e. The summed E-state index contributed by atoms with van der Waals surface area (Å²) >= 11 is 5.29. The smallest absolute Gasteiger partial charge is 0.323 e. The molecule has 4 heteroatoms. The Bertz CT molecular complexity index is 114. The molecule has 0 saturated heterocycles. The third-order valence-corrected chi connectivity index (χ3v) is 1.29. The maximum atomic E-state index is 10.2. The summed E-state index contributed by atoms with van der Waals surface area (Å²) in [5.74, 6) is -0.734. The average Bonchev–Trinajstić information content (AvgIpc) is 1.65. The van der Waals surface area contributed by atoms with Gasteiger partial charge in [-0.2, -0.15) is 0 Å². The van der Waals surface area contributed by atoms with Gasteiger partial charge in [0.25, 0.3) is 0 Å². The van der Waals surface area contributed by atoms with E-state index in [9.17, 15) is 4.79 Å². The number of alkyl halides is 1. The second-order valence-electron chi connectivity index (χ2n) is 2.16. The van der Waals surface area contributed by atoms with Gasteiger partial charge in [-0.25, -0.2) is 0 Å². The van der Waals surface area contributed by atoms with Crippen LogP contribution >= 0.6 is 11.6 Å². The van der Waals surface area contributed by atoms with E-state index < -0.39 is 11.5 Å². The summed E-state index contributed by atoms with van der Waals surface area (Å²) in [6, 6.07) is 0. The monoisotopic (exact) mass is 151 g/mol. The molecular formula is C5H10ClNO2. The van der Waals surface area contributed by atoms with Crippen LogP contribution in [0.25, 0.3) is 0 Å². The molecule has 0 fully saturated rings. The molecule has 0 aliphatic heterocycles. The fourth-order valence-electron chi connectivity index (χ4n) is 0.303. The fourth-order valence-corrected chi connectivity index (χ4v) is 0.696. The van der Waals surface area contributed by atoms with E-state index in [-0.39, 0.29) is 5.88 Å². The topological polar surface area (TPSA) is 63.3 Å². The molecule has 3 nitrogen and oxygen atoms in total. The zero-order valence-corrected chi connectivity index (χ0v) is 5.98. The Morgan fingerprint density at radius 1 is 1.89 bits per heavy atom. The lowest BCUT2D eigenvalue weighted by Gasteiger charge is -2.16. The van der Waals surface area contributed by atoms with Crippen molar-refractivity contribution in [2.24, 2.45) is 5.73 Å². The first kappa shape index (κ1) is 8.72. The molecule has 0 aromatic heterocycles. The van der Waals surface area contributed by atoms with Crippen molar-refractivity contribution in [3.63, 3.8) is 0 Å². The van der Waals surface area contributed by atoms with Gasteiger partial charge in [0.2, 0.25) is 0 Å². The Hall–Kier alpha value is -0.280. The van der Waals surface area contributed by atoms with Gasteiger partial charge in [0.1, 0.15) is 5.54 Å². The van der Waals surface area contributed by atoms with Crippen LogP contribution < -0.4 is 5.73 Å². The van der Waals surface area contributed by atoms with Crippen LogP contribution in [0.4, 0.5) is 0 Å². The molecule has 54 valence electrons. The average molecular weight is 152 g/mol. The molecule has 0 rings (SSSR count). The SMILES string of the molecule is CC(N)(CCCl)C(=O)O. The van der Waals surface area contributed by atoms with Crippen molar-refractivity contribution in [1.29, 1.82) is 0 Å². The first-order valence-electron chi connectivity index (χ1n) is 2.59. The summed E-state index contributed by atoms with van der Waals surface area (Å²) < 4.78 is 0. The van der Waals surface area contributed by atoms with Crippen molar-refractivity contribution in [3.8, 4) is 0 Å². The standard InChI is InChI=1S/C5H10ClNO2/c1-5(7,2-3-6)4(8)9/h2-3,7H2,1H3,(H,8,9). The number of halogens is 1. The molecule has 3 N–H and O–H groups in total. The first-order valence-corrected chi connectivity index (χ1v) is 3.12. The quantitative estimate of drug-likeness (QED) is 0.575. The molecule has 0 aliphatic rings. The van der Waals surface area contributed by atoms with E-state index in [2.05, 4.69) is 0 Å². The number of hydrogen-bond donors (Lipinski definition) is 2. The Morgan fingerprint density at radius 2 is 2.33 bits per heavy atom. The highest BCUT2D eigenvalue weighted by Crippen LogP contribution is 2.05. The summed E-state index contributed by atoms with van der Waals surface area (Å²) in [6.07, 6.45) is 0.296. The van der Waals surface area contributed by atoms with Crippen LogP contribution in [-0.4, -0.2) is 22.5 Å². The normalized spacial score (nSPS) is 16.8. The number of nitrogens with two attached hydrogens (primary N) is 1. The lowest BCUT2D eigenvalue weighted by molar-refractivity contribution is -0.142. The third-order valence-electron chi connectivity index (χ3n) is 1.10. The minimum atomic E-state index is -1.16. The van der Waals surface area contributed by atoms with Crippen molar-refractivity contribution in [1.82, 2.24) is 0 Å². The van der Waals surface area contributed by atoms with Crippen LogP contribution in [0.3, 0.4) is 0 Å². The summed E-state index contributed by atoms with van der Waals surface area (Å²) in [5.41, 5.74) is 4.12. The molecule has 0 amide bonds. The van der Waals surface area contributed by atoms with Crippen molar-refractivity contribution < 1.29 is 9.90 Å². The molecule has 1 atom stereocenters. The van der Waals surface area contributed by atoms with Gasteiger partial charge in [-0.1, -0.05) is 0 Å². The highest BCUT2D eigenvalue weighted by Gasteiger charge is 2.26. The van der Waals surface area contributed by atoms with Crippen LogP contribution in [0.5, 0.6) is 0 Å². The molecule has 0 heterocycles. The molecule has 0 aromatic carbocycles. The number of rotatable bonds is 3. The van der Waals surface area contributed by atoms with E-state index in [4.69, 9.17) is 22.4 Å².